The smallest absolute Gasteiger partial charge is 0.322 e. The van der Waals surface area contributed by atoms with Crippen LogP contribution >= 0.6 is 11.6 Å². The fraction of sp³-hybridized carbons (Fsp3) is 0.0625. The molecule has 0 spiro atoms. The lowest BCUT2D eigenvalue weighted by atomic mass is 10.1. The molecule has 1 N–H and O–H groups in total. The highest BCUT2D eigenvalue weighted by Crippen LogP contribution is 2.27. The molecular weight excluding hydrogens is 302 g/mol. The number of halogens is 1. The van der Waals surface area contributed by atoms with Crippen LogP contribution in [0, 0.1) is 0 Å². The quantitative estimate of drug-likeness (QED) is 0.799. The number of anilines is 1. The van der Waals surface area contributed by atoms with Crippen LogP contribution in [-0.4, -0.2) is 16.1 Å². The first-order valence-corrected chi connectivity index (χ1v) is 7.02. The first kappa shape index (κ1) is 14.3. The number of carbonyl (C=O) groups is 1. The number of nitrogens with one attached hydrogen (secondary N) is 1. The van der Waals surface area contributed by atoms with Crippen LogP contribution in [0.3, 0.4) is 0 Å². The molecule has 3 rings (SSSR count). The maximum absolute atomic E-state index is 11.9. The minimum absolute atomic E-state index is 0.0517. The molecule has 0 atom stereocenters. The summed E-state index contributed by atoms with van der Waals surface area (Å²) in [6.45, 7) is 0. The Morgan fingerprint density at radius 1 is 1.05 bits per heavy atom. The molecule has 1 heterocycles. The highest BCUT2D eigenvalue weighted by molar-refractivity contribution is 6.33. The van der Waals surface area contributed by atoms with Crippen molar-refractivity contribution >= 4 is 23.5 Å². The van der Waals surface area contributed by atoms with Gasteiger partial charge in [-0.25, -0.2) is 0 Å². The molecule has 5 nitrogen and oxygen atoms in total. The minimum atomic E-state index is -0.222. The molecule has 0 unspecified atom stereocenters. The van der Waals surface area contributed by atoms with Crippen molar-refractivity contribution in [1.29, 1.82) is 0 Å². The van der Waals surface area contributed by atoms with Crippen LogP contribution in [-0.2, 0) is 11.2 Å². The first-order valence-electron chi connectivity index (χ1n) is 6.64. The van der Waals surface area contributed by atoms with E-state index in [9.17, 15) is 4.79 Å². The van der Waals surface area contributed by atoms with Gasteiger partial charge in [0.1, 0.15) is 0 Å². The van der Waals surface area contributed by atoms with Gasteiger partial charge in [-0.2, -0.15) is 0 Å². The van der Waals surface area contributed by atoms with Crippen LogP contribution in [0.5, 0.6) is 0 Å². The van der Waals surface area contributed by atoms with Gasteiger partial charge < -0.3 is 4.42 Å². The van der Waals surface area contributed by atoms with Crippen LogP contribution in [0.1, 0.15) is 5.56 Å². The SMILES string of the molecule is O=C(Cc1ccccc1)Nc1nnc(-c2ccccc2Cl)o1. The van der Waals surface area contributed by atoms with Gasteiger partial charge in [0.25, 0.3) is 5.89 Å². The average molecular weight is 314 g/mol. The second-order valence-corrected chi connectivity index (χ2v) is 5.01. The molecule has 1 amide bonds. The number of carbonyl (C=O) groups excluding carboxylic acids is 1. The minimum Gasteiger partial charge on any atom is -0.403 e. The highest BCUT2D eigenvalue weighted by atomic mass is 35.5. The molecule has 1 aromatic heterocycles. The monoisotopic (exact) mass is 313 g/mol. The van der Waals surface area contributed by atoms with E-state index < -0.39 is 0 Å². The lowest BCUT2D eigenvalue weighted by molar-refractivity contribution is -0.115. The van der Waals surface area contributed by atoms with Gasteiger partial charge in [-0.3, -0.25) is 10.1 Å². The molecule has 0 aliphatic carbocycles. The highest BCUT2D eigenvalue weighted by Gasteiger charge is 2.13. The first-order chi connectivity index (χ1) is 10.7. The van der Waals surface area contributed by atoms with Gasteiger partial charge in [0, 0.05) is 0 Å². The Labute approximate surface area is 131 Å². The van der Waals surface area contributed by atoms with Gasteiger partial charge >= 0.3 is 6.01 Å². The molecule has 0 bridgehead atoms. The van der Waals surface area contributed by atoms with Gasteiger partial charge in [0.15, 0.2) is 0 Å². The molecule has 3 aromatic rings. The fourth-order valence-corrected chi connectivity index (χ4v) is 2.18. The second-order valence-electron chi connectivity index (χ2n) is 4.60. The van der Waals surface area contributed by atoms with Gasteiger partial charge in [0.05, 0.1) is 17.0 Å². The number of rotatable bonds is 4. The summed E-state index contributed by atoms with van der Waals surface area (Å²) in [7, 11) is 0. The molecule has 0 aliphatic heterocycles. The summed E-state index contributed by atoms with van der Waals surface area (Å²) in [6.07, 6.45) is 0.241. The molecule has 2 aromatic carbocycles. The predicted molar refractivity (Wildman–Crippen MR) is 83.5 cm³/mol. The van der Waals surface area contributed by atoms with E-state index in [4.69, 9.17) is 16.0 Å². The van der Waals surface area contributed by atoms with Crippen molar-refractivity contribution in [2.75, 3.05) is 5.32 Å². The third-order valence-corrected chi connectivity index (χ3v) is 3.31. The summed E-state index contributed by atoms with van der Waals surface area (Å²) < 4.78 is 5.42. The van der Waals surface area contributed by atoms with Crippen molar-refractivity contribution < 1.29 is 9.21 Å². The number of amides is 1. The van der Waals surface area contributed by atoms with E-state index in [0.29, 0.717) is 10.6 Å². The van der Waals surface area contributed by atoms with Crippen molar-refractivity contribution in [3.63, 3.8) is 0 Å². The Kier molecular flexibility index (Phi) is 4.16. The van der Waals surface area contributed by atoms with Crippen molar-refractivity contribution in [3.05, 3.63) is 65.2 Å². The molecule has 0 aliphatic rings. The molecule has 0 saturated heterocycles. The maximum atomic E-state index is 11.9. The molecule has 0 radical (unpaired) electrons. The van der Waals surface area contributed by atoms with E-state index in [0.717, 1.165) is 5.56 Å². The number of nitrogens with zero attached hydrogens (tertiary/aromatic N) is 2. The number of hydrogen-bond acceptors (Lipinski definition) is 4. The summed E-state index contributed by atoms with van der Waals surface area (Å²) in [5.74, 6) is 0.0427. The number of hydrogen-bond donors (Lipinski definition) is 1. The van der Waals surface area contributed by atoms with Crippen LogP contribution in [0.4, 0.5) is 6.01 Å². The van der Waals surface area contributed by atoms with E-state index in [-0.39, 0.29) is 24.2 Å². The largest absolute Gasteiger partial charge is 0.403 e. The molecule has 6 heteroatoms. The van der Waals surface area contributed by atoms with Crippen LogP contribution in [0.2, 0.25) is 5.02 Å². The van der Waals surface area contributed by atoms with E-state index in [1.165, 1.54) is 0 Å². The third kappa shape index (κ3) is 3.32. The summed E-state index contributed by atoms with van der Waals surface area (Å²) >= 11 is 6.07. The zero-order valence-corrected chi connectivity index (χ0v) is 12.2. The number of benzene rings is 2. The lowest BCUT2D eigenvalue weighted by Gasteiger charge is -2.00. The Morgan fingerprint density at radius 2 is 1.77 bits per heavy atom. The van der Waals surface area contributed by atoms with E-state index >= 15 is 0 Å². The predicted octanol–water partition coefficient (Wildman–Crippen LogP) is 3.57. The van der Waals surface area contributed by atoms with E-state index in [1.807, 2.05) is 42.5 Å². The van der Waals surface area contributed by atoms with Crippen molar-refractivity contribution in [3.8, 4) is 11.5 Å². The van der Waals surface area contributed by atoms with Gasteiger partial charge in [-0.05, 0) is 17.7 Å². The van der Waals surface area contributed by atoms with Crippen LogP contribution < -0.4 is 5.32 Å². The summed E-state index contributed by atoms with van der Waals surface area (Å²) in [5, 5.41) is 10.8. The Bertz CT molecular complexity index is 787. The summed E-state index contributed by atoms with van der Waals surface area (Å²) in [5.41, 5.74) is 1.53. The Morgan fingerprint density at radius 3 is 2.55 bits per heavy atom. The Hall–Kier alpha value is -2.66. The summed E-state index contributed by atoms with van der Waals surface area (Å²) in [4.78, 5) is 11.9. The zero-order valence-electron chi connectivity index (χ0n) is 11.5. The normalized spacial score (nSPS) is 10.4. The van der Waals surface area contributed by atoms with E-state index in [2.05, 4.69) is 15.5 Å². The van der Waals surface area contributed by atoms with Crippen molar-refractivity contribution in [1.82, 2.24) is 10.2 Å². The topological polar surface area (TPSA) is 68.0 Å². The second kappa shape index (κ2) is 6.41. The van der Waals surface area contributed by atoms with Crippen LogP contribution in [0.15, 0.2) is 59.0 Å². The fourth-order valence-electron chi connectivity index (χ4n) is 1.96. The molecule has 0 saturated carbocycles. The number of aromatic nitrogens is 2. The standard InChI is InChI=1S/C16H12ClN3O2/c17-13-9-5-4-8-12(13)15-19-20-16(22-15)18-14(21)10-11-6-2-1-3-7-11/h1-9H,10H2,(H,18,20,21). The molecular formula is C16H12ClN3O2. The molecule has 22 heavy (non-hydrogen) atoms. The Balaban J connectivity index is 1.70. The van der Waals surface area contributed by atoms with Gasteiger partial charge in [0.2, 0.25) is 5.91 Å². The maximum Gasteiger partial charge on any atom is 0.322 e. The summed E-state index contributed by atoms with van der Waals surface area (Å²) in [6, 6.07) is 16.6. The van der Waals surface area contributed by atoms with E-state index in [1.54, 1.807) is 12.1 Å². The van der Waals surface area contributed by atoms with Crippen molar-refractivity contribution in [2.45, 2.75) is 6.42 Å². The molecule has 110 valence electrons. The van der Waals surface area contributed by atoms with Crippen LogP contribution in [0.25, 0.3) is 11.5 Å². The van der Waals surface area contributed by atoms with Gasteiger partial charge in [-0.15, -0.1) is 5.10 Å². The average Bonchev–Trinajstić information content (AvgIpc) is 2.97. The zero-order chi connectivity index (χ0) is 15.4. The molecule has 0 fully saturated rings. The van der Waals surface area contributed by atoms with Crippen molar-refractivity contribution in [2.24, 2.45) is 0 Å². The van der Waals surface area contributed by atoms with Gasteiger partial charge in [-0.1, -0.05) is 59.2 Å². The lowest BCUT2D eigenvalue weighted by Crippen LogP contribution is -2.14. The third-order valence-electron chi connectivity index (χ3n) is 2.98.